The van der Waals surface area contributed by atoms with Crippen molar-refractivity contribution < 1.29 is 4.74 Å². The average Bonchev–Trinajstić information content (AvgIpc) is 2.63. The molecule has 1 aliphatic rings. The first-order chi connectivity index (χ1) is 8.52. The molecule has 3 atom stereocenters. The highest BCUT2D eigenvalue weighted by atomic mass is 79.9. The maximum atomic E-state index is 11.8. The van der Waals surface area contributed by atoms with Crippen molar-refractivity contribution in [2.45, 2.75) is 30.5 Å². The Bertz CT molecular complexity index is 568. The number of nitrogens with one attached hydrogen (secondary N) is 1. The van der Waals surface area contributed by atoms with Crippen LogP contribution in [0.3, 0.4) is 0 Å². The SMILES string of the molecule is C[C@H]1O[C@@H](n2cc(/C=C/Br)c(=O)[nH]c2=O)C[C@@H]1Br. The van der Waals surface area contributed by atoms with Crippen LogP contribution in [0.5, 0.6) is 0 Å². The van der Waals surface area contributed by atoms with Crippen LogP contribution in [-0.2, 0) is 4.74 Å². The molecule has 0 radical (unpaired) electrons. The van der Waals surface area contributed by atoms with Crippen LogP contribution in [0.4, 0.5) is 0 Å². The minimum atomic E-state index is -0.453. The second kappa shape index (κ2) is 5.54. The van der Waals surface area contributed by atoms with E-state index in [4.69, 9.17) is 4.74 Å². The first kappa shape index (κ1) is 13.8. The Balaban J connectivity index is 2.42. The van der Waals surface area contributed by atoms with E-state index in [9.17, 15) is 9.59 Å². The summed E-state index contributed by atoms with van der Waals surface area (Å²) in [5.41, 5.74) is -0.459. The van der Waals surface area contributed by atoms with Gasteiger partial charge in [0, 0.05) is 17.4 Å². The van der Waals surface area contributed by atoms with Gasteiger partial charge in [0.25, 0.3) is 5.56 Å². The van der Waals surface area contributed by atoms with E-state index in [2.05, 4.69) is 36.8 Å². The third-order valence-electron chi connectivity index (χ3n) is 2.86. The van der Waals surface area contributed by atoms with Crippen molar-refractivity contribution in [2.24, 2.45) is 0 Å². The molecule has 18 heavy (non-hydrogen) atoms. The van der Waals surface area contributed by atoms with Crippen molar-refractivity contribution in [1.29, 1.82) is 0 Å². The molecular formula is C11H12Br2N2O3. The lowest BCUT2D eigenvalue weighted by atomic mass is 10.2. The Morgan fingerprint density at radius 1 is 1.56 bits per heavy atom. The number of halogens is 2. The Morgan fingerprint density at radius 2 is 2.28 bits per heavy atom. The first-order valence-electron chi connectivity index (χ1n) is 5.44. The van der Waals surface area contributed by atoms with Crippen LogP contribution in [-0.4, -0.2) is 20.5 Å². The summed E-state index contributed by atoms with van der Waals surface area (Å²) in [6, 6.07) is 0. The molecule has 1 saturated heterocycles. The molecule has 0 bridgehead atoms. The fourth-order valence-electron chi connectivity index (χ4n) is 1.85. The molecule has 2 heterocycles. The zero-order valence-corrected chi connectivity index (χ0v) is 12.8. The highest BCUT2D eigenvalue weighted by Gasteiger charge is 2.32. The Kier molecular flexibility index (Phi) is 4.24. The summed E-state index contributed by atoms with van der Waals surface area (Å²) in [5.74, 6) is 0. The van der Waals surface area contributed by atoms with Gasteiger partial charge in [0.15, 0.2) is 0 Å². The third-order valence-corrected chi connectivity index (χ3v) is 4.24. The van der Waals surface area contributed by atoms with E-state index in [0.717, 1.165) is 0 Å². The highest BCUT2D eigenvalue weighted by Crippen LogP contribution is 2.32. The maximum absolute atomic E-state index is 11.8. The fourth-order valence-corrected chi connectivity index (χ4v) is 2.58. The maximum Gasteiger partial charge on any atom is 0.330 e. The number of hydrogen-bond donors (Lipinski definition) is 1. The van der Waals surface area contributed by atoms with Gasteiger partial charge in [-0.25, -0.2) is 4.79 Å². The first-order valence-corrected chi connectivity index (χ1v) is 7.28. The predicted molar refractivity (Wildman–Crippen MR) is 76.2 cm³/mol. The van der Waals surface area contributed by atoms with Gasteiger partial charge in [0.1, 0.15) is 6.23 Å². The summed E-state index contributed by atoms with van der Waals surface area (Å²) in [4.78, 5) is 27.4. The number of nitrogens with zero attached hydrogens (tertiary/aromatic N) is 1. The quantitative estimate of drug-likeness (QED) is 0.799. The van der Waals surface area contributed by atoms with E-state index in [1.54, 1.807) is 11.1 Å². The zero-order chi connectivity index (χ0) is 13.3. The topological polar surface area (TPSA) is 64.1 Å². The molecule has 0 unspecified atom stereocenters. The van der Waals surface area contributed by atoms with Gasteiger partial charge in [0.2, 0.25) is 0 Å². The van der Waals surface area contributed by atoms with Crippen LogP contribution < -0.4 is 11.2 Å². The van der Waals surface area contributed by atoms with Gasteiger partial charge in [-0.05, 0) is 18.0 Å². The molecule has 1 N–H and O–H groups in total. The Morgan fingerprint density at radius 3 is 2.83 bits per heavy atom. The van der Waals surface area contributed by atoms with Crippen molar-refractivity contribution in [3.8, 4) is 0 Å². The fraction of sp³-hybridized carbons (Fsp3) is 0.455. The van der Waals surface area contributed by atoms with E-state index in [1.165, 1.54) is 10.8 Å². The van der Waals surface area contributed by atoms with Crippen LogP contribution >= 0.6 is 31.9 Å². The summed E-state index contributed by atoms with van der Waals surface area (Å²) in [7, 11) is 0. The highest BCUT2D eigenvalue weighted by molar-refractivity contribution is 9.11. The second-order valence-corrected chi connectivity index (χ2v) is 5.80. The molecule has 5 nitrogen and oxygen atoms in total. The number of rotatable bonds is 2. The largest absolute Gasteiger partial charge is 0.354 e. The van der Waals surface area contributed by atoms with E-state index in [1.807, 2.05) is 6.92 Å². The summed E-state index contributed by atoms with van der Waals surface area (Å²) < 4.78 is 7.09. The van der Waals surface area contributed by atoms with Crippen LogP contribution in [0.2, 0.25) is 0 Å². The predicted octanol–water partition coefficient (Wildman–Crippen LogP) is 1.97. The van der Waals surface area contributed by atoms with Crippen molar-refractivity contribution in [3.63, 3.8) is 0 Å². The zero-order valence-electron chi connectivity index (χ0n) is 9.60. The normalized spacial score (nSPS) is 28.1. The molecule has 2 rings (SSSR count). The Hall–Kier alpha value is -0.660. The van der Waals surface area contributed by atoms with Gasteiger partial charge < -0.3 is 4.74 Å². The number of hydrogen-bond acceptors (Lipinski definition) is 3. The Labute approximate surface area is 120 Å². The third kappa shape index (κ3) is 2.67. The standard InChI is InChI=1S/C11H12Br2N2O3/c1-6-8(13)4-9(18-6)15-5-7(2-3-12)10(16)14-11(15)17/h2-3,5-6,8-9H,4H2,1H3,(H,14,16,17)/b3-2+/t6-,8+,9-/m1/s1. The van der Waals surface area contributed by atoms with Crippen molar-refractivity contribution in [2.75, 3.05) is 0 Å². The number of aromatic nitrogens is 2. The van der Waals surface area contributed by atoms with E-state index in [0.29, 0.717) is 12.0 Å². The number of alkyl halides is 1. The van der Waals surface area contributed by atoms with Crippen LogP contribution in [0, 0.1) is 0 Å². The van der Waals surface area contributed by atoms with Crippen LogP contribution in [0.15, 0.2) is 20.8 Å². The lowest BCUT2D eigenvalue weighted by molar-refractivity contribution is 0.00865. The van der Waals surface area contributed by atoms with Crippen molar-refractivity contribution >= 4 is 37.9 Å². The molecule has 1 fully saturated rings. The summed E-state index contributed by atoms with van der Waals surface area (Å²) in [5, 5.41) is 0. The minimum Gasteiger partial charge on any atom is -0.354 e. The summed E-state index contributed by atoms with van der Waals surface area (Å²) >= 11 is 6.60. The minimum absolute atomic E-state index is 0.0315. The summed E-state index contributed by atoms with van der Waals surface area (Å²) in [6.45, 7) is 1.94. The van der Waals surface area contributed by atoms with Crippen LogP contribution in [0.25, 0.3) is 6.08 Å². The lowest BCUT2D eigenvalue weighted by Gasteiger charge is -2.14. The molecule has 1 aliphatic heterocycles. The molecule has 1 aromatic rings. The summed E-state index contributed by atoms with van der Waals surface area (Å²) in [6.07, 6.45) is 3.46. The van der Waals surface area contributed by atoms with Gasteiger partial charge in [-0.15, -0.1) is 0 Å². The molecule has 0 aliphatic carbocycles. The molecule has 98 valence electrons. The van der Waals surface area contributed by atoms with Gasteiger partial charge in [-0.2, -0.15) is 0 Å². The molecule has 0 aromatic carbocycles. The van der Waals surface area contributed by atoms with E-state index >= 15 is 0 Å². The molecule has 7 heteroatoms. The molecule has 1 aromatic heterocycles. The van der Waals surface area contributed by atoms with E-state index in [-0.39, 0.29) is 17.2 Å². The average molecular weight is 380 g/mol. The van der Waals surface area contributed by atoms with Gasteiger partial charge in [-0.3, -0.25) is 14.3 Å². The molecular weight excluding hydrogens is 368 g/mol. The monoisotopic (exact) mass is 378 g/mol. The second-order valence-electron chi connectivity index (χ2n) is 4.09. The van der Waals surface area contributed by atoms with Gasteiger partial charge >= 0.3 is 5.69 Å². The van der Waals surface area contributed by atoms with E-state index < -0.39 is 11.2 Å². The lowest BCUT2D eigenvalue weighted by Crippen LogP contribution is -2.33. The number of aromatic amines is 1. The van der Waals surface area contributed by atoms with Gasteiger partial charge in [0.05, 0.1) is 11.7 Å². The van der Waals surface area contributed by atoms with Gasteiger partial charge in [-0.1, -0.05) is 31.9 Å². The number of H-pyrrole nitrogens is 1. The molecule has 0 saturated carbocycles. The smallest absolute Gasteiger partial charge is 0.330 e. The molecule has 0 amide bonds. The molecule has 0 spiro atoms. The van der Waals surface area contributed by atoms with Crippen molar-refractivity contribution in [3.05, 3.63) is 37.6 Å². The number of ether oxygens (including phenoxy) is 1. The van der Waals surface area contributed by atoms with Crippen molar-refractivity contribution in [1.82, 2.24) is 9.55 Å². The van der Waals surface area contributed by atoms with Crippen LogP contribution in [0.1, 0.15) is 25.1 Å².